The molecule has 4 rings (SSSR count). The Labute approximate surface area is 200 Å². The highest BCUT2D eigenvalue weighted by molar-refractivity contribution is 6.06. The Bertz CT molecular complexity index is 1460. The minimum atomic E-state index is -0.541. The third-order valence-electron chi connectivity index (χ3n) is 5.48. The highest BCUT2D eigenvalue weighted by atomic mass is 16.6. The van der Waals surface area contributed by atoms with Crippen molar-refractivity contribution in [3.8, 4) is 22.6 Å². The van der Waals surface area contributed by atoms with E-state index in [0.29, 0.717) is 17.0 Å². The quantitative estimate of drug-likeness (QED) is 0.323. The standard InChI is InChI=1S/C26H22N4O5/c1-16-4-10-20(11-5-16)29-25(27-26(32)19-6-12-21(13-7-19)30(33)34)23(24(31)17(2)28-29)18-8-14-22(35-3)15-9-18/h4-15H,1-3H3,(H,27,32). The first-order chi connectivity index (χ1) is 16.8. The second kappa shape index (κ2) is 9.60. The van der Waals surface area contributed by atoms with Crippen LogP contribution in [0.1, 0.15) is 21.6 Å². The van der Waals surface area contributed by atoms with Gasteiger partial charge in [-0.25, -0.2) is 4.68 Å². The molecule has 0 saturated heterocycles. The van der Waals surface area contributed by atoms with Crippen molar-refractivity contribution in [2.24, 2.45) is 0 Å². The van der Waals surface area contributed by atoms with Gasteiger partial charge in [-0.1, -0.05) is 29.8 Å². The molecule has 0 aliphatic carbocycles. The molecular formula is C26H22N4O5. The van der Waals surface area contributed by atoms with E-state index < -0.39 is 10.8 Å². The summed E-state index contributed by atoms with van der Waals surface area (Å²) in [5.41, 5.74) is 2.50. The predicted molar refractivity (Wildman–Crippen MR) is 132 cm³/mol. The SMILES string of the molecule is COc1ccc(-c2c(NC(=O)c3ccc([N+](=O)[O-])cc3)n(-c3ccc(C)cc3)nc(C)c2=O)cc1. The molecule has 3 aromatic carbocycles. The zero-order chi connectivity index (χ0) is 25.1. The summed E-state index contributed by atoms with van der Waals surface area (Å²) in [6.07, 6.45) is 0. The number of carbonyl (C=O) groups is 1. The molecule has 1 heterocycles. The summed E-state index contributed by atoms with van der Waals surface area (Å²) in [4.78, 5) is 36.9. The molecule has 0 saturated carbocycles. The number of benzene rings is 3. The van der Waals surface area contributed by atoms with Crippen molar-refractivity contribution >= 4 is 17.4 Å². The lowest BCUT2D eigenvalue weighted by Gasteiger charge is -2.18. The molecule has 0 bridgehead atoms. The Morgan fingerprint density at radius 3 is 2.17 bits per heavy atom. The Morgan fingerprint density at radius 2 is 1.60 bits per heavy atom. The summed E-state index contributed by atoms with van der Waals surface area (Å²) < 4.78 is 6.74. The summed E-state index contributed by atoms with van der Waals surface area (Å²) >= 11 is 0. The number of ether oxygens (including phenoxy) is 1. The molecule has 0 aliphatic heterocycles. The Kier molecular flexibility index (Phi) is 6.41. The number of hydrogen-bond acceptors (Lipinski definition) is 6. The van der Waals surface area contributed by atoms with Crippen LogP contribution < -0.4 is 15.5 Å². The monoisotopic (exact) mass is 470 g/mol. The summed E-state index contributed by atoms with van der Waals surface area (Å²) in [5.74, 6) is 0.258. The number of amides is 1. The number of methoxy groups -OCH3 is 1. The maximum atomic E-state index is 13.3. The van der Waals surface area contributed by atoms with Gasteiger partial charge in [0.05, 0.1) is 23.3 Å². The normalized spacial score (nSPS) is 10.6. The molecular weight excluding hydrogens is 448 g/mol. The van der Waals surface area contributed by atoms with Gasteiger partial charge in [-0.15, -0.1) is 0 Å². The van der Waals surface area contributed by atoms with Crippen LogP contribution in [0.2, 0.25) is 0 Å². The van der Waals surface area contributed by atoms with E-state index in [9.17, 15) is 19.7 Å². The number of rotatable bonds is 6. The van der Waals surface area contributed by atoms with Crippen molar-refractivity contribution < 1.29 is 14.5 Å². The number of aromatic nitrogens is 2. The first-order valence-electron chi connectivity index (χ1n) is 10.7. The van der Waals surface area contributed by atoms with Gasteiger partial charge in [0.25, 0.3) is 11.6 Å². The number of hydrogen-bond donors (Lipinski definition) is 1. The van der Waals surface area contributed by atoms with Crippen LogP contribution in [0, 0.1) is 24.0 Å². The molecule has 176 valence electrons. The van der Waals surface area contributed by atoms with Gasteiger partial charge in [0.1, 0.15) is 17.3 Å². The third kappa shape index (κ3) is 4.79. The Balaban J connectivity index is 1.89. The molecule has 0 radical (unpaired) electrons. The minimum absolute atomic E-state index is 0.131. The van der Waals surface area contributed by atoms with Crippen molar-refractivity contribution in [1.82, 2.24) is 9.78 Å². The van der Waals surface area contributed by atoms with E-state index in [1.165, 1.54) is 28.9 Å². The third-order valence-corrected chi connectivity index (χ3v) is 5.48. The van der Waals surface area contributed by atoms with Gasteiger partial charge >= 0.3 is 0 Å². The molecule has 0 spiro atoms. The van der Waals surface area contributed by atoms with Gasteiger partial charge in [0, 0.05) is 17.7 Å². The molecule has 1 N–H and O–H groups in total. The first-order valence-corrected chi connectivity index (χ1v) is 10.7. The van der Waals surface area contributed by atoms with E-state index in [-0.39, 0.29) is 33.8 Å². The van der Waals surface area contributed by atoms with Gasteiger partial charge < -0.3 is 10.1 Å². The van der Waals surface area contributed by atoms with Crippen LogP contribution in [0.5, 0.6) is 5.75 Å². The molecule has 0 aliphatic rings. The number of nitro groups is 1. The van der Waals surface area contributed by atoms with Crippen molar-refractivity contribution in [2.75, 3.05) is 12.4 Å². The van der Waals surface area contributed by atoms with Crippen LogP contribution >= 0.6 is 0 Å². The zero-order valence-electron chi connectivity index (χ0n) is 19.3. The topological polar surface area (TPSA) is 116 Å². The second-order valence-electron chi connectivity index (χ2n) is 7.87. The van der Waals surface area contributed by atoms with Crippen LogP contribution in [0.4, 0.5) is 11.5 Å². The highest BCUT2D eigenvalue weighted by Gasteiger charge is 2.21. The molecule has 9 heteroatoms. The van der Waals surface area contributed by atoms with Gasteiger partial charge in [-0.2, -0.15) is 5.10 Å². The number of nitro benzene ring substituents is 1. The van der Waals surface area contributed by atoms with E-state index in [4.69, 9.17) is 4.74 Å². The summed E-state index contributed by atoms with van der Waals surface area (Å²) in [5, 5.41) is 18.2. The van der Waals surface area contributed by atoms with Crippen molar-refractivity contribution in [1.29, 1.82) is 0 Å². The average molecular weight is 470 g/mol. The predicted octanol–water partition coefficient (Wildman–Crippen LogP) is 4.69. The molecule has 1 aromatic heterocycles. The van der Waals surface area contributed by atoms with E-state index in [1.807, 2.05) is 31.2 Å². The largest absolute Gasteiger partial charge is 0.497 e. The molecule has 1 amide bonds. The van der Waals surface area contributed by atoms with E-state index in [2.05, 4.69) is 10.4 Å². The van der Waals surface area contributed by atoms with Gasteiger partial charge in [-0.3, -0.25) is 19.7 Å². The maximum Gasteiger partial charge on any atom is 0.269 e. The van der Waals surface area contributed by atoms with E-state index in [0.717, 1.165) is 5.56 Å². The number of aryl methyl sites for hydroxylation is 2. The number of anilines is 1. The molecule has 35 heavy (non-hydrogen) atoms. The lowest BCUT2D eigenvalue weighted by atomic mass is 10.0. The van der Waals surface area contributed by atoms with Crippen molar-refractivity contribution in [3.05, 3.63) is 110 Å². The van der Waals surface area contributed by atoms with E-state index in [1.54, 1.807) is 38.3 Å². The highest BCUT2D eigenvalue weighted by Crippen LogP contribution is 2.29. The maximum absolute atomic E-state index is 13.3. The number of carbonyl (C=O) groups excluding carboxylic acids is 1. The fourth-order valence-electron chi connectivity index (χ4n) is 3.57. The fourth-order valence-corrected chi connectivity index (χ4v) is 3.57. The molecule has 9 nitrogen and oxygen atoms in total. The summed E-state index contributed by atoms with van der Waals surface area (Å²) in [6, 6.07) is 19.6. The second-order valence-corrected chi connectivity index (χ2v) is 7.87. The summed E-state index contributed by atoms with van der Waals surface area (Å²) in [6.45, 7) is 3.57. The van der Waals surface area contributed by atoms with Gasteiger partial charge in [0.2, 0.25) is 5.43 Å². The Hall–Kier alpha value is -4.79. The molecule has 0 fully saturated rings. The number of nitrogens with zero attached hydrogens (tertiary/aromatic N) is 3. The fraction of sp³-hybridized carbons (Fsp3) is 0.115. The van der Waals surface area contributed by atoms with Gasteiger partial charge in [-0.05, 0) is 55.8 Å². The van der Waals surface area contributed by atoms with Crippen LogP contribution in [0.3, 0.4) is 0 Å². The summed E-state index contributed by atoms with van der Waals surface area (Å²) in [7, 11) is 1.55. The molecule has 0 unspecified atom stereocenters. The minimum Gasteiger partial charge on any atom is -0.497 e. The number of non-ortho nitro benzene ring substituents is 1. The van der Waals surface area contributed by atoms with Crippen molar-refractivity contribution in [3.63, 3.8) is 0 Å². The lowest BCUT2D eigenvalue weighted by Crippen LogP contribution is -2.25. The smallest absolute Gasteiger partial charge is 0.269 e. The lowest BCUT2D eigenvalue weighted by molar-refractivity contribution is -0.384. The first kappa shape index (κ1) is 23.4. The molecule has 4 aromatic rings. The molecule has 0 atom stereocenters. The van der Waals surface area contributed by atoms with Crippen LogP contribution in [-0.2, 0) is 0 Å². The van der Waals surface area contributed by atoms with Crippen LogP contribution in [0.25, 0.3) is 16.8 Å². The van der Waals surface area contributed by atoms with E-state index >= 15 is 0 Å². The van der Waals surface area contributed by atoms with Gasteiger partial charge in [0.15, 0.2) is 0 Å². The number of nitrogens with one attached hydrogen (secondary N) is 1. The Morgan fingerprint density at radius 1 is 0.971 bits per heavy atom. The average Bonchev–Trinajstić information content (AvgIpc) is 2.87. The van der Waals surface area contributed by atoms with Crippen LogP contribution in [-0.4, -0.2) is 27.7 Å². The van der Waals surface area contributed by atoms with Crippen molar-refractivity contribution in [2.45, 2.75) is 13.8 Å². The zero-order valence-corrected chi connectivity index (χ0v) is 19.3. The van der Waals surface area contributed by atoms with Crippen LogP contribution in [0.15, 0.2) is 77.6 Å².